The highest BCUT2D eigenvalue weighted by atomic mass is 35.5. The number of nitrogens with two attached hydrogens (primary N) is 1. The quantitative estimate of drug-likeness (QED) is 0.601. The van der Waals surface area contributed by atoms with Gasteiger partial charge in [-0.15, -0.1) is 25.6 Å². The zero-order chi connectivity index (χ0) is 22.6. The van der Waals surface area contributed by atoms with Crippen LogP contribution in [0.3, 0.4) is 0 Å². The standard InChI is InChI=1S/C24H29F3N2O2.ClH/c1-17(2)19-9-7-18(8-10-19)15-22(30)23(28)11-13-29(14-12-23)16-20-5-3-4-6-21(20)31-24(25,26)27;/h3-10,17H,11-16,28H2,1-2H3;1H. The van der Waals surface area contributed by atoms with Crippen molar-refractivity contribution in [2.75, 3.05) is 13.1 Å². The number of piperidine rings is 1. The molecule has 1 heterocycles. The van der Waals surface area contributed by atoms with Gasteiger partial charge in [0.25, 0.3) is 0 Å². The summed E-state index contributed by atoms with van der Waals surface area (Å²) in [4.78, 5) is 14.9. The van der Waals surface area contributed by atoms with E-state index < -0.39 is 11.9 Å². The fraction of sp³-hybridized carbons (Fsp3) is 0.458. The van der Waals surface area contributed by atoms with Crippen LogP contribution in [0, 0.1) is 0 Å². The third-order valence-electron chi connectivity index (χ3n) is 5.91. The van der Waals surface area contributed by atoms with E-state index in [-0.39, 0.29) is 30.4 Å². The molecule has 0 aromatic heterocycles. The zero-order valence-corrected chi connectivity index (χ0v) is 19.1. The van der Waals surface area contributed by atoms with Crippen LogP contribution in [0.4, 0.5) is 13.2 Å². The van der Waals surface area contributed by atoms with Gasteiger partial charge in [0.1, 0.15) is 5.75 Å². The minimum absolute atomic E-state index is 0. The molecule has 0 aliphatic carbocycles. The Morgan fingerprint density at radius 3 is 2.25 bits per heavy atom. The Labute approximate surface area is 193 Å². The third kappa shape index (κ3) is 6.95. The van der Waals surface area contributed by atoms with Crippen molar-refractivity contribution >= 4 is 18.2 Å². The Morgan fingerprint density at radius 1 is 1.09 bits per heavy atom. The Balaban J connectivity index is 0.00000363. The van der Waals surface area contributed by atoms with E-state index in [0.29, 0.717) is 44.0 Å². The van der Waals surface area contributed by atoms with Crippen LogP contribution in [0.2, 0.25) is 0 Å². The molecule has 0 saturated carbocycles. The van der Waals surface area contributed by atoms with Crippen molar-refractivity contribution in [1.82, 2.24) is 4.90 Å². The van der Waals surface area contributed by atoms with E-state index in [4.69, 9.17) is 5.73 Å². The summed E-state index contributed by atoms with van der Waals surface area (Å²) >= 11 is 0. The number of carbonyl (C=O) groups excluding carboxylic acids is 1. The van der Waals surface area contributed by atoms with Crippen molar-refractivity contribution in [3.63, 3.8) is 0 Å². The lowest BCUT2D eigenvalue weighted by Crippen LogP contribution is -2.56. The first-order valence-electron chi connectivity index (χ1n) is 10.5. The lowest BCUT2D eigenvalue weighted by molar-refractivity contribution is -0.275. The molecule has 0 spiro atoms. The van der Waals surface area contributed by atoms with E-state index in [2.05, 4.69) is 18.6 Å². The molecule has 2 aromatic rings. The fourth-order valence-corrected chi connectivity index (χ4v) is 3.87. The second kappa shape index (κ2) is 10.7. The number of hydrogen-bond acceptors (Lipinski definition) is 4. The first-order valence-corrected chi connectivity index (χ1v) is 10.5. The fourth-order valence-electron chi connectivity index (χ4n) is 3.87. The molecule has 3 rings (SSSR count). The molecule has 1 saturated heterocycles. The Kier molecular flexibility index (Phi) is 8.74. The van der Waals surface area contributed by atoms with E-state index in [1.165, 1.54) is 17.7 Å². The van der Waals surface area contributed by atoms with Gasteiger partial charge in [0.05, 0.1) is 5.54 Å². The van der Waals surface area contributed by atoms with Crippen LogP contribution in [0.25, 0.3) is 0 Å². The average Bonchev–Trinajstić information content (AvgIpc) is 2.70. The summed E-state index contributed by atoms with van der Waals surface area (Å²) in [5, 5.41) is 0. The molecule has 2 aromatic carbocycles. The van der Waals surface area contributed by atoms with Gasteiger partial charge in [0.2, 0.25) is 0 Å². The predicted octanol–water partition coefficient (Wildman–Crippen LogP) is 5.24. The van der Waals surface area contributed by atoms with Crippen LogP contribution in [0.5, 0.6) is 5.75 Å². The van der Waals surface area contributed by atoms with Crippen LogP contribution >= 0.6 is 12.4 Å². The number of para-hydroxylation sites is 1. The van der Waals surface area contributed by atoms with E-state index in [1.807, 2.05) is 29.2 Å². The lowest BCUT2D eigenvalue weighted by atomic mass is 9.82. The SMILES string of the molecule is CC(C)c1ccc(CC(=O)C2(N)CCN(Cc3ccccc3OC(F)(F)F)CC2)cc1.Cl. The number of ketones is 1. The molecule has 1 aliphatic rings. The number of ether oxygens (including phenoxy) is 1. The molecule has 8 heteroatoms. The molecule has 1 aliphatic heterocycles. The monoisotopic (exact) mass is 470 g/mol. The van der Waals surface area contributed by atoms with E-state index in [0.717, 1.165) is 5.56 Å². The normalized spacial score (nSPS) is 16.5. The maximum atomic E-state index is 12.9. The number of benzene rings is 2. The Hall–Kier alpha value is -2.09. The van der Waals surface area contributed by atoms with Gasteiger partial charge in [-0.3, -0.25) is 9.69 Å². The largest absolute Gasteiger partial charge is 0.573 e. The molecular formula is C24H30ClF3N2O2. The van der Waals surface area contributed by atoms with Gasteiger partial charge in [-0.05, 0) is 36.0 Å². The highest BCUT2D eigenvalue weighted by Gasteiger charge is 2.37. The number of rotatable bonds is 7. The number of hydrogen-bond donors (Lipinski definition) is 1. The topological polar surface area (TPSA) is 55.6 Å². The van der Waals surface area contributed by atoms with Crippen LogP contribution in [0.1, 0.15) is 49.3 Å². The number of alkyl halides is 3. The lowest BCUT2D eigenvalue weighted by Gasteiger charge is -2.38. The highest BCUT2D eigenvalue weighted by Crippen LogP contribution is 2.29. The molecule has 32 heavy (non-hydrogen) atoms. The van der Waals surface area contributed by atoms with Crippen molar-refractivity contribution in [2.45, 2.75) is 57.5 Å². The highest BCUT2D eigenvalue weighted by molar-refractivity contribution is 5.90. The minimum atomic E-state index is -4.73. The Morgan fingerprint density at radius 2 is 1.69 bits per heavy atom. The predicted molar refractivity (Wildman–Crippen MR) is 121 cm³/mol. The maximum Gasteiger partial charge on any atom is 0.573 e. The molecular weight excluding hydrogens is 441 g/mol. The number of likely N-dealkylation sites (tertiary alicyclic amines) is 1. The van der Waals surface area contributed by atoms with Crippen molar-refractivity contribution in [2.24, 2.45) is 5.73 Å². The number of Topliss-reactive ketones (excluding diaryl/α,β-unsaturated/α-hetero) is 1. The van der Waals surface area contributed by atoms with Crippen molar-refractivity contribution < 1.29 is 22.7 Å². The summed E-state index contributed by atoms with van der Waals surface area (Å²) in [6, 6.07) is 14.2. The van der Waals surface area contributed by atoms with E-state index in [1.54, 1.807) is 12.1 Å². The van der Waals surface area contributed by atoms with Gasteiger partial charge >= 0.3 is 6.36 Å². The summed E-state index contributed by atoms with van der Waals surface area (Å²) < 4.78 is 42.1. The van der Waals surface area contributed by atoms with Gasteiger partial charge in [-0.25, -0.2) is 0 Å². The van der Waals surface area contributed by atoms with Crippen LogP contribution in [-0.2, 0) is 17.8 Å². The summed E-state index contributed by atoms with van der Waals surface area (Å²) in [5.41, 5.74) is 8.17. The maximum absolute atomic E-state index is 12.9. The zero-order valence-electron chi connectivity index (χ0n) is 18.3. The second-order valence-corrected chi connectivity index (χ2v) is 8.58. The second-order valence-electron chi connectivity index (χ2n) is 8.58. The van der Waals surface area contributed by atoms with Gasteiger partial charge in [-0.1, -0.05) is 56.3 Å². The summed E-state index contributed by atoms with van der Waals surface area (Å²) in [6.07, 6.45) is -3.50. The average molecular weight is 471 g/mol. The summed E-state index contributed by atoms with van der Waals surface area (Å²) in [6.45, 7) is 5.63. The molecule has 2 N–H and O–H groups in total. The molecule has 4 nitrogen and oxygen atoms in total. The van der Waals surface area contributed by atoms with Crippen LogP contribution in [-0.4, -0.2) is 35.7 Å². The van der Waals surface area contributed by atoms with Gasteiger partial charge in [0, 0.05) is 31.6 Å². The van der Waals surface area contributed by atoms with Gasteiger partial charge in [0.15, 0.2) is 5.78 Å². The number of nitrogens with zero attached hydrogens (tertiary/aromatic N) is 1. The molecule has 0 unspecified atom stereocenters. The van der Waals surface area contributed by atoms with Gasteiger partial charge in [-0.2, -0.15) is 0 Å². The minimum Gasteiger partial charge on any atom is -0.405 e. The van der Waals surface area contributed by atoms with Crippen molar-refractivity contribution in [3.05, 3.63) is 65.2 Å². The van der Waals surface area contributed by atoms with Crippen LogP contribution < -0.4 is 10.5 Å². The van der Waals surface area contributed by atoms with E-state index in [9.17, 15) is 18.0 Å². The number of halogens is 4. The molecule has 176 valence electrons. The molecule has 1 fully saturated rings. The number of carbonyl (C=O) groups is 1. The Bertz CT molecular complexity index is 893. The van der Waals surface area contributed by atoms with Crippen LogP contribution in [0.15, 0.2) is 48.5 Å². The molecule has 0 amide bonds. The first-order chi connectivity index (χ1) is 14.6. The summed E-state index contributed by atoms with van der Waals surface area (Å²) in [7, 11) is 0. The summed E-state index contributed by atoms with van der Waals surface area (Å²) in [5.74, 6) is 0.243. The van der Waals surface area contributed by atoms with Crippen molar-refractivity contribution in [1.29, 1.82) is 0 Å². The molecule has 0 radical (unpaired) electrons. The smallest absolute Gasteiger partial charge is 0.405 e. The molecule has 0 bridgehead atoms. The van der Waals surface area contributed by atoms with Gasteiger partial charge < -0.3 is 10.5 Å². The van der Waals surface area contributed by atoms with Crippen molar-refractivity contribution in [3.8, 4) is 5.75 Å². The first kappa shape index (κ1) is 26.2. The third-order valence-corrected chi connectivity index (χ3v) is 5.91. The molecule has 0 atom stereocenters. The van der Waals surface area contributed by atoms with E-state index >= 15 is 0 Å².